The highest BCUT2D eigenvalue weighted by molar-refractivity contribution is 5.58. The summed E-state index contributed by atoms with van der Waals surface area (Å²) in [6.45, 7) is 1.69. The molecule has 0 saturated heterocycles. The van der Waals surface area contributed by atoms with E-state index in [0.717, 1.165) is 0 Å². The summed E-state index contributed by atoms with van der Waals surface area (Å²) >= 11 is 0. The Hall–Kier alpha value is -2.17. The Morgan fingerprint density at radius 3 is 2.62 bits per heavy atom. The second-order valence-corrected chi connectivity index (χ2v) is 3.38. The Morgan fingerprint density at radius 2 is 1.94 bits per heavy atom. The van der Waals surface area contributed by atoms with Gasteiger partial charge in [-0.3, -0.25) is 0 Å². The normalized spacial score (nSPS) is 10.1. The van der Waals surface area contributed by atoms with Gasteiger partial charge in [-0.2, -0.15) is 0 Å². The van der Waals surface area contributed by atoms with E-state index in [0.29, 0.717) is 22.9 Å². The number of hydrogen-bond acceptors (Lipinski definition) is 4. The average molecular weight is 218 g/mol. The zero-order valence-corrected chi connectivity index (χ0v) is 8.74. The van der Waals surface area contributed by atoms with Crippen LogP contribution in [0.1, 0.15) is 5.56 Å². The molecule has 2 rings (SSSR count). The average Bonchev–Trinajstić information content (AvgIpc) is 2.28. The minimum Gasteiger partial charge on any atom is -0.396 e. The first-order valence-electron chi connectivity index (χ1n) is 4.76. The number of anilines is 3. The number of nitrogens with one attached hydrogen (secondary N) is 1. The summed E-state index contributed by atoms with van der Waals surface area (Å²) in [4.78, 5) is 7.95. The van der Waals surface area contributed by atoms with Gasteiger partial charge < -0.3 is 11.1 Å². The second-order valence-electron chi connectivity index (χ2n) is 3.38. The molecule has 16 heavy (non-hydrogen) atoms. The molecule has 0 unspecified atom stereocenters. The van der Waals surface area contributed by atoms with Crippen molar-refractivity contribution in [2.75, 3.05) is 11.1 Å². The van der Waals surface area contributed by atoms with Crippen LogP contribution in [0.2, 0.25) is 0 Å². The van der Waals surface area contributed by atoms with E-state index in [1.54, 1.807) is 19.1 Å². The first-order chi connectivity index (χ1) is 7.66. The molecule has 5 heteroatoms. The highest BCUT2D eigenvalue weighted by Crippen LogP contribution is 2.20. The summed E-state index contributed by atoms with van der Waals surface area (Å²) in [7, 11) is 0. The van der Waals surface area contributed by atoms with E-state index in [2.05, 4.69) is 15.3 Å². The molecule has 3 N–H and O–H groups in total. The zero-order valence-electron chi connectivity index (χ0n) is 8.74. The molecule has 0 aliphatic carbocycles. The Labute approximate surface area is 92.3 Å². The van der Waals surface area contributed by atoms with Crippen LogP contribution in [0.15, 0.2) is 30.6 Å². The lowest BCUT2D eigenvalue weighted by atomic mass is 10.2. The topological polar surface area (TPSA) is 63.8 Å². The van der Waals surface area contributed by atoms with Crippen molar-refractivity contribution in [3.63, 3.8) is 0 Å². The van der Waals surface area contributed by atoms with Gasteiger partial charge >= 0.3 is 0 Å². The van der Waals surface area contributed by atoms with Crippen molar-refractivity contribution in [3.05, 3.63) is 42.0 Å². The molecule has 1 heterocycles. The molecular weight excluding hydrogens is 207 g/mol. The number of nitrogens with two attached hydrogens (primary N) is 1. The Balaban J connectivity index is 2.27. The number of rotatable bonds is 2. The Kier molecular flexibility index (Phi) is 2.68. The zero-order chi connectivity index (χ0) is 11.5. The molecule has 0 saturated carbocycles. The smallest absolute Gasteiger partial charge is 0.227 e. The van der Waals surface area contributed by atoms with Gasteiger partial charge in [0.05, 0.1) is 18.1 Å². The largest absolute Gasteiger partial charge is 0.396 e. The molecule has 1 aromatic heterocycles. The van der Waals surface area contributed by atoms with Gasteiger partial charge in [-0.25, -0.2) is 14.4 Å². The van der Waals surface area contributed by atoms with Gasteiger partial charge in [0.2, 0.25) is 5.95 Å². The molecule has 0 bridgehead atoms. The first-order valence-corrected chi connectivity index (χ1v) is 4.76. The number of halogens is 1. The van der Waals surface area contributed by atoms with Crippen LogP contribution in [-0.2, 0) is 0 Å². The first kappa shape index (κ1) is 10.4. The van der Waals surface area contributed by atoms with Crippen LogP contribution in [0, 0.1) is 12.7 Å². The summed E-state index contributed by atoms with van der Waals surface area (Å²) in [6.07, 6.45) is 2.98. The molecule has 4 nitrogen and oxygen atoms in total. The maximum atomic E-state index is 13.2. The number of nitrogen functional groups attached to an aromatic ring is 1. The van der Waals surface area contributed by atoms with E-state index < -0.39 is 0 Å². The molecule has 2 aromatic rings. The van der Waals surface area contributed by atoms with Crippen molar-refractivity contribution in [3.8, 4) is 0 Å². The summed E-state index contributed by atoms with van der Waals surface area (Å²) in [6, 6.07) is 4.80. The number of benzene rings is 1. The van der Waals surface area contributed by atoms with Crippen LogP contribution in [0.25, 0.3) is 0 Å². The number of aromatic nitrogens is 2. The minimum atomic E-state index is -0.263. The van der Waals surface area contributed by atoms with Gasteiger partial charge in [-0.15, -0.1) is 0 Å². The van der Waals surface area contributed by atoms with E-state index in [1.807, 2.05) is 0 Å². The van der Waals surface area contributed by atoms with Crippen molar-refractivity contribution >= 4 is 17.3 Å². The van der Waals surface area contributed by atoms with Crippen molar-refractivity contribution < 1.29 is 4.39 Å². The van der Waals surface area contributed by atoms with Crippen LogP contribution in [-0.4, -0.2) is 9.97 Å². The fourth-order valence-corrected chi connectivity index (χ4v) is 1.27. The molecule has 1 aromatic carbocycles. The summed E-state index contributed by atoms with van der Waals surface area (Å²) in [5.41, 5.74) is 7.12. The maximum Gasteiger partial charge on any atom is 0.227 e. The van der Waals surface area contributed by atoms with E-state index >= 15 is 0 Å². The van der Waals surface area contributed by atoms with E-state index in [4.69, 9.17) is 5.73 Å². The third-order valence-electron chi connectivity index (χ3n) is 2.19. The quantitative estimate of drug-likeness (QED) is 0.811. The Morgan fingerprint density at radius 1 is 1.25 bits per heavy atom. The standard InChI is InChI=1S/C11H11FN4/c1-7-9(12)3-2-4-10(7)16-11-14-5-8(13)6-15-11/h2-6H,13H2,1H3,(H,14,15,16). The van der Waals surface area contributed by atoms with E-state index in [9.17, 15) is 4.39 Å². The lowest BCUT2D eigenvalue weighted by Crippen LogP contribution is -2.00. The van der Waals surface area contributed by atoms with Crippen molar-refractivity contribution in [1.82, 2.24) is 9.97 Å². The van der Waals surface area contributed by atoms with Gasteiger partial charge in [0.1, 0.15) is 5.82 Å². The fraction of sp³-hybridized carbons (Fsp3) is 0.0909. The maximum absolute atomic E-state index is 13.2. The second kappa shape index (κ2) is 4.14. The van der Waals surface area contributed by atoms with Gasteiger partial charge in [-0.05, 0) is 19.1 Å². The molecular formula is C11H11FN4. The lowest BCUT2D eigenvalue weighted by molar-refractivity contribution is 0.619. The van der Waals surface area contributed by atoms with Crippen LogP contribution in [0.5, 0.6) is 0 Å². The van der Waals surface area contributed by atoms with Crippen molar-refractivity contribution in [1.29, 1.82) is 0 Å². The van der Waals surface area contributed by atoms with Gasteiger partial charge in [0.15, 0.2) is 0 Å². The summed E-state index contributed by atoms with van der Waals surface area (Å²) in [5, 5.41) is 2.92. The molecule has 0 fully saturated rings. The van der Waals surface area contributed by atoms with E-state index in [1.165, 1.54) is 18.5 Å². The van der Waals surface area contributed by atoms with Crippen LogP contribution < -0.4 is 11.1 Å². The number of hydrogen-bond donors (Lipinski definition) is 2. The molecule has 0 spiro atoms. The monoisotopic (exact) mass is 218 g/mol. The van der Waals surface area contributed by atoms with Crippen LogP contribution in [0.3, 0.4) is 0 Å². The van der Waals surface area contributed by atoms with Crippen LogP contribution >= 0.6 is 0 Å². The lowest BCUT2D eigenvalue weighted by Gasteiger charge is -2.08. The molecule has 82 valence electrons. The van der Waals surface area contributed by atoms with Gasteiger partial charge in [0, 0.05) is 11.3 Å². The molecule has 0 atom stereocenters. The Bertz CT molecular complexity index is 496. The highest BCUT2D eigenvalue weighted by atomic mass is 19.1. The molecule has 0 aliphatic heterocycles. The predicted molar refractivity (Wildman–Crippen MR) is 60.9 cm³/mol. The minimum absolute atomic E-state index is 0.263. The summed E-state index contributed by atoms with van der Waals surface area (Å²) < 4.78 is 13.2. The molecule has 0 radical (unpaired) electrons. The van der Waals surface area contributed by atoms with E-state index in [-0.39, 0.29) is 5.82 Å². The fourth-order valence-electron chi connectivity index (χ4n) is 1.27. The van der Waals surface area contributed by atoms with Crippen LogP contribution in [0.4, 0.5) is 21.7 Å². The summed E-state index contributed by atoms with van der Waals surface area (Å²) in [5.74, 6) is 0.128. The third-order valence-corrected chi connectivity index (χ3v) is 2.19. The van der Waals surface area contributed by atoms with Gasteiger partial charge in [-0.1, -0.05) is 6.07 Å². The third kappa shape index (κ3) is 2.08. The SMILES string of the molecule is Cc1c(F)cccc1Nc1ncc(N)cn1. The van der Waals surface area contributed by atoms with Crippen molar-refractivity contribution in [2.24, 2.45) is 0 Å². The molecule has 0 aliphatic rings. The van der Waals surface area contributed by atoms with Crippen molar-refractivity contribution in [2.45, 2.75) is 6.92 Å². The van der Waals surface area contributed by atoms with Gasteiger partial charge in [0.25, 0.3) is 0 Å². The number of nitrogens with zero attached hydrogens (tertiary/aromatic N) is 2. The highest BCUT2D eigenvalue weighted by Gasteiger charge is 2.04. The molecule has 0 amide bonds. The predicted octanol–water partition coefficient (Wildman–Crippen LogP) is 2.25.